The third kappa shape index (κ3) is 5.08. The summed E-state index contributed by atoms with van der Waals surface area (Å²) in [6.07, 6.45) is 1.25. The van der Waals surface area contributed by atoms with Crippen LogP contribution in [0.2, 0.25) is 0 Å². The molecule has 0 bridgehead atoms. The average molecular weight is 519 g/mol. The molecule has 3 aromatic rings. The van der Waals surface area contributed by atoms with Gasteiger partial charge < -0.3 is 9.84 Å². The maximum absolute atomic E-state index is 13.0. The van der Waals surface area contributed by atoms with Crippen LogP contribution >= 0.6 is 15.9 Å². The summed E-state index contributed by atoms with van der Waals surface area (Å²) in [7, 11) is -3.63. The van der Waals surface area contributed by atoms with Crippen LogP contribution in [0.4, 0.5) is 0 Å². The highest BCUT2D eigenvalue weighted by Crippen LogP contribution is 2.24. The van der Waals surface area contributed by atoms with E-state index in [-0.39, 0.29) is 29.8 Å². The van der Waals surface area contributed by atoms with Crippen LogP contribution in [0.25, 0.3) is 11.4 Å². The summed E-state index contributed by atoms with van der Waals surface area (Å²) in [6, 6.07) is 14.3. The van der Waals surface area contributed by atoms with Crippen molar-refractivity contribution in [3.8, 4) is 11.4 Å². The summed E-state index contributed by atoms with van der Waals surface area (Å²) in [5.74, 6) is 0.0595. The van der Waals surface area contributed by atoms with Gasteiger partial charge >= 0.3 is 0 Å². The summed E-state index contributed by atoms with van der Waals surface area (Å²) in [5, 5.41) is 6.75. The van der Waals surface area contributed by atoms with Crippen LogP contribution < -0.4 is 5.32 Å². The Morgan fingerprint density at radius 2 is 2.03 bits per heavy atom. The normalized spacial score (nSPS) is 17.2. The maximum atomic E-state index is 13.0. The summed E-state index contributed by atoms with van der Waals surface area (Å²) in [4.78, 5) is 17.3. The topological polar surface area (TPSA) is 105 Å². The number of aromatic nitrogens is 2. The minimum absolute atomic E-state index is 0.0844. The first-order chi connectivity index (χ1) is 15.3. The number of nitrogens with zero attached hydrogens (tertiary/aromatic N) is 3. The van der Waals surface area contributed by atoms with Crippen LogP contribution in [0.1, 0.15) is 24.3 Å². The van der Waals surface area contributed by atoms with E-state index in [1.165, 1.54) is 4.31 Å². The molecule has 0 spiro atoms. The van der Waals surface area contributed by atoms with E-state index in [9.17, 15) is 13.2 Å². The quantitative estimate of drug-likeness (QED) is 0.535. The van der Waals surface area contributed by atoms with E-state index in [0.29, 0.717) is 25.2 Å². The predicted octanol–water partition coefficient (Wildman–Crippen LogP) is 3.52. The fourth-order valence-corrected chi connectivity index (χ4v) is 5.54. The molecule has 0 saturated carbocycles. The molecule has 1 amide bonds. The lowest BCUT2D eigenvalue weighted by atomic mass is 9.99. The number of amides is 1. The molecular formula is C22H23BrN4O4S. The lowest BCUT2D eigenvalue weighted by Gasteiger charge is -2.31. The SMILES string of the molecule is Cc1ccc(S(=O)(=O)N2CCCC(C(=O)NCc3nc(-c4cccc(Br)c4)no3)C2)cc1. The van der Waals surface area contributed by atoms with Crippen LogP contribution in [0.15, 0.2) is 62.4 Å². The number of halogens is 1. The summed E-state index contributed by atoms with van der Waals surface area (Å²) in [6.45, 7) is 2.54. The number of aryl methyl sites for hydroxylation is 1. The zero-order chi connectivity index (χ0) is 22.7. The van der Waals surface area contributed by atoms with Crippen LogP contribution in [-0.2, 0) is 21.4 Å². The van der Waals surface area contributed by atoms with Crippen LogP contribution in [0.5, 0.6) is 0 Å². The number of sulfonamides is 1. The Hall–Kier alpha value is -2.56. The second-order valence-electron chi connectivity index (χ2n) is 7.76. The van der Waals surface area contributed by atoms with E-state index in [1.54, 1.807) is 24.3 Å². The van der Waals surface area contributed by atoms with Crippen molar-refractivity contribution in [1.29, 1.82) is 0 Å². The zero-order valence-electron chi connectivity index (χ0n) is 17.5. The van der Waals surface area contributed by atoms with Gasteiger partial charge in [0.25, 0.3) is 0 Å². The van der Waals surface area contributed by atoms with Crippen LogP contribution in [0, 0.1) is 12.8 Å². The highest BCUT2D eigenvalue weighted by Gasteiger charge is 2.33. The number of benzene rings is 2. The number of rotatable bonds is 6. The molecule has 8 nitrogen and oxygen atoms in total. The molecule has 2 heterocycles. The second kappa shape index (κ2) is 9.51. The van der Waals surface area contributed by atoms with E-state index >= 15 is 0 Å². The Morgan fingerprint density at radius 1 is 1.25 bits per heavy atom. The molecule has 0 aliphatic carbocycles. The van der Waals surface area contributed by atoms with Gasteiger partial charge in [0.15, 0.2) is 0 Å². The van der Waals surface area contributed by atoms with Crippen molar-refractivity contribution in [3.63, 3.8) is 0 Å². The molecule has 1 unspecified atom stereocenters. The zero-order valence-corrected chi connectivity index (χ0v) is 19.9. The Balaban J connectivity index is 1.37. The smallest absolute Gasteiger partial charge is 0.246 e. The molecular weight excluding hydrogens is 496 g/mol. The summed E-state index contributed by atoms with van der Waals surface area (Å²) < 4.78 is 33.5. The van der Waals surface area contributed by atoms with E-state index in [4.69, 9.17) is 4.52 Å². The summed E-state index contributed by atoms with van der Waals surface area (Å²) in [5.41, 5.74) is 1.79. The minimum Gasteiger partial charge on any atom is -0.347 e. The molecule has 2 aromatic carbocycles. The largest absolute Gasteiger partial charge is 0.347 e. The highest BCUT2D eigenvalue weighted by molar-refractivity contribution is 9.10. The van der Waals surface area contributed by atoms with Gasteiger partial charge in [-0.25, -0.2) is 8.42 Å². The van der Waals surface area contributed by atoms with Gasteiger partial charge in [-0.15, -0.1) is 0 Å². The molecule has 1 aliphatic heterocycles. The number of carbonyl (C=O) groups excluding carboxylic acids is 1. The van der Waals surface area contributed by atoms with Crippen molar-refractivity contribution in [2.75, 3.05) is 13.1 Å². The van der Waals surface area contributed by atoms with Gasteiger partial charge in [0, 0.05) is 23.1 Å². The van der Waals surface area contributed by atoms with E-state index in [2.05, 4.69) is 31.4 Å². The monoisotopic (exact) mass is 518 g/mol. The molecule has 168 valence electrons. The molecule has 1 atom stereocenters. The minimum atomic E-state index is -3.63. The van der Waals surface area contributed by atoms with Gasteiger partial charge in [-0.05, 0) is 44.0 Å². The van der Waals surface area contributed by atoms with Gasteiger partial charge in [0.05, 0.1) is 17.4 Å². The van der Waals surface area contributed by atoms with Gasteiger partial charge in [-0.3, -0.25) is 4.79 Å². The van der Waals surface area contributed by atoms with Gasteiger partial charge in [0.2, 0.25) is 27.6 Å². The Labute approximate surface area is 195 Å². The predicted molar refractivity (Wildman–Crippen MR) is 122 cm³/mol. The Bertz CT molecular complexity index is 1210. The molecule has 32 heavy (non-hydrogen) atoms. The first kappa shape index (κ1) is 22.6. The molecule has 4 rings (SSSR count). The lowest BCUT2D eigenvalue weighted by Crippen LogP contribution is -2.45. The van der Waals surface area contributed by atoms with Crippen molar-refractivity contribution >= 4 is 31.9 Å². The number of piperidine rings is 1. The number of hydrogen-bond acceptors (Lipinski definition) is 6. The van der Waals surface area contributed by atoms with Crippen molar-refractivity contribution < 1.29 is 17.7 Å². The molecule has 1 aromatic heterocycles. The Morgan fingerprint density at radius 3 is 2.78 bits per heavy atom. The van der Waals surface area contributed by atoms with Gasteiger partial charge in [-0.1, -0.05) is 50.9 Å². The maximum Gasteiger partial charge on any atom is 0.246 e. The lowest BCUT2D eigenvalue weighted by molar-refractivity contribution is -0.126. The first-order valence-electron chi connectivity index (χ1n) is 10.3. The molecule has 1 saturated heterocycles. The fraction of sp³-hybridized carbons (Fsp3) is 0.318. The van der Waals surface area contributed by atoms with Crippen LogP contribution in [0.3, 0.4) is 0 Å². The fourth-order valence-electron chi connectivity index (χ4n) is 3.61. The second-order valence-corrected chi connectivity index (χ2v) is 10.6. The average Bonchev–Trinajstić information content (AvgIpc) is 3.27. The Kier molecular flexibility index (Phi) is 6.73. The third-order valence-electron chi connectivity index (χ3n) is 5.38. The molecule has 1 fully saturated rings. The van der Waals surface area contributed by atoms with Crippen LogP contribution in [-0.4, -0.2) is 41.9 Å². The first-order valence-corrected chi connectivity index (χ1v) is 12.5. The van der Waals surface area contributed by atoms with Gasteiger partial charge in [-0.2, -0.15) is 9.29 Å². The van der Waals surface area contributed by atoms with Crippen molar-refractivity contribution in [3.05, 3.63) is 64.5 Å². The number of nitrogens with one attached hydrogen (secondary N) is 1. The molecule has 10 heteroatoms. The van der Waals surface area contributed by atoms with Crippen molar-refractivity contribution in [1.82, 2.24) is 19.8 Å². The van der Waals surface area contributed by atoms with Crippen molar-refractivity contribution in [2.45, 2.75) is 31.2 Å². The standard InChI is InChI=1S/C22H23BrN4O4S/c1-15-7-9-19(10-8-15)32(29,30)27-11-3-5-17(14-27)22(28)24-13-20-25-21(26-31-20)16-4-2-6-18(23)12-16/h2,4,6-10,12,17H,3,5,11,13-14H2,1H3,(H,24,28). The van der Waals surface area contributed by atoms with Crippen molar-refractivity contribution in [2.24, 2.45) is 5.92 Å². The number of carbonyl (C=O) groups is 1. The number of hydrogen-bond donors (Lipinski definition) is 1. The molecule has 1 aliphatic rings. The molecule has 1 N–H and O–H groups in total. The summed E-state index contributed by atoms with van der Waals surface area (Å²) >= 11 is 3.41. The highest BCUT2D eigenvalue weighted by atomic mass is 79.9. The third-order valence-corrected chi connectivity index (χ3v) is 7.75. The van der Waals surface area contributed by atoms with E-state index in [0.717, 1.165) is 15.6 Å². The van der Waals surface area contributed by atoms with Gasteiger partial charge in [0.1, 0.15) is 0 Å². The van der Waals surface area contributed by atoms with E-state index < -0.39 is 15.9 Å². The van der Waals surface area contributed by atoms with E-state index in [1.807, 2.05) is 31.2 Å². The molecule has 0 radical (unpaired) electrons.